The van der Waals surface area contributed by atoms with Crippen LogP contribution in [0.25, 0.3) is 11.0 Å². The Labute approximate surface area is 216 Å². The number of fused-ring (bicyclic) bond motifs is 2. The van der Waals surface area contributed by atoms with Gasteiger partial charge in [-0.15, -0.1) is 0 Å². The standard InChI is InChI=1S/C31H31NO5/c1-3-4-7-19-36-24-10-8-9-22(20-24)28-27-29(33)25-11-5-6-12-26(25)37-30(27)31(34)32(28)18-17-21-13-15-23(35-2)16-14-21/h5-6,8-16,20,28H,3-4,7,17-19H2,1-2H3. The SMILES string of the molecule is CCCCCOc1cccc(C2c3c(oc4ccccc4c3=O)C(=O)N2CCc2ccc(OC)cc2)c1. The molecule has 1 atom stereocenters. The van der Waals surface area contributed by atoms with E-state index in [1.54, 1.807) is 30.2 Å². The van der Waals surface area contributed by atoms with Gasteiger partial charge in [0.1, 0.15) is 17.1 Å². The number of methoxy groups -OCH3 is 1. The molecule has 0 N–H and O–H groups in total. The second-order valence-corrected chi connectivity index (χ2v) is 9.30. The van der Waals surface area contributed by atoms with Crippen LogP contribution in [0.4, 0.5) is 0 Å². The molecule has 0 bridgehead atoms. The van der Waals surface area contributed by atoms with E-state index in [-0.39, 0.29) is 17.1 Å². The van der Waals surface area contributed by atoms with Crippen LogP contribution < -0.4 is 14.9 Å². The van der Waals surface area contributed by atoms with E-state index in [0.717, 1.165) is 41.9 Å². The molecule has 1 aromatic heterocycles. The summed E-state index contributed by atoms with van der Waals surface area (Å²) >= 11 is 0. The van der Waals surface area contributed by atoms with Crippen molar-refractivity contribution in [2.24, 2.45) is 0 Å². The predicted molar refractivity (Wildman–Crippen MR) is 144 cm³/mol. The number of rotatable bonds is 10. The molecule has 3 aromatic carbocycles. The molecule has 4 aromatic rings. The van der Waals surface area contributed by atoms with Gasteiger partial charge in [0.25, 0.3) is 5.91 Å². The highest BCUT2D eigenvalue weighted by Gasteiger charge is 2.42. The van der Waals surface area contributed by atoms with Crippen molar-refractivity contribution in [2.75, 3.05) is 20.3 Å². The maximum atomic E-state index is 13.7. The number of hydrogen-bond acceptors (Lipinski definition) is 5. The lowest BCUT2D eigenvalue weighted by molar-refractivity contribution is 0.0729. The zero-order chi connectivity index (χ0) is 25.8. The molecule has 0 saturated heterocycles. The Morgan fingerprint density at radius 1 is 0.919 bits per heavy atom. The normalized spacial score (nSPS) is 14.7. The van der Waals surface area contributed by atoms with E-state index in [1.807, 2.05) is 54.6 Å². The first kappa shape index (κ1) is 24.6. The zero-order valence-corrected chi connectivity index (χ0v) is 21.2. The van der Waals surface area contributed by atoms with Crippen molar-refractivity contribution < 1.29 is 18.7 Å². The van der Waals surface area contributed by atoms with Crippen molar-refractivity contribution in [1.82, 2.24) is 4.90 Å². The van der Waals surface area contributed by atoms with Crippen molar-refractivity contribution in [3.63, 3.8) is 0 Å². The van der Waals surface area contributed by atoms with Crippen LogP contribution in [0.15, 0.2) is 82.0 Å². The monoisotopic (exact) mass is 497 g/mol. The second-order valence-electron chi connectivity index (χ2n) is 9.30. The maximum Gasteiger partial charge on any atom is 0.290 e. The number of unbranched alkanes of at least 4 members (excludes halogenated alkanes) is 2. The van der Waals surface area contributed by atoms with Crippen molar-refractivity contribution >= 4 is 16.9 Å². The molecule has 0 aliphatic carbocycles. The van der Waals surface area contributed by atoms with E-state index in [1.165, 1.54) is 0 Å². The molecule has 0 radical (unpaired) electrons. The molecule has 2 heterocycles. The smallest absolute Gasteiger partial charge is 0.290 e. The van der Waals surface area contributed by atoms with Gasteiger partial charge in [0, 0.05) is 6.54 Å². The zero-order valence-electron chi connectivity index (χ0n) is 21.2. The van der Waals surface area contributed by atoms with Crippen LogP contribution >= 0.6 is 0 Å². The Bertz CT molecular complexity index is 1460. The highest BCUT2D eigenvalue weighted by Crippen LogP contribution is 2.39. The molecule has 0 saturated carbocycles. The molecule has 190 valence electrons. The van der Waals surface area contributed by atoms with Crippen LogP contribution in [0.5, 0.6) is 11.5 Å². The summed E-state index contributed by atoms with van der Waals surface area (Å²) in [6.07, 6.45) is 3.84. The minimum Gasteiger partial charge on any atom is -0.497 e. The Balaban J connectivity index is 1.52. The number of para-hydroxylation sites is 1. The van der Waals surface area contributed by atoms with Crippen LogP contribution in [0.1, 0.15) is 59.5 Å². The minimum absolute atomic E-state index is 0.123. The first-order valence-corrected chi connectivity index (χ1v) is 12.8. The second kappa shape index (κ2) is 10.9. The van der Waals surface area contributed by atoms with Gasteiger partial charge < -0.3 is 18.8 Å². The Kier molecular flexibility index (Phi) is 7.26. The van der Waals surface area contributed by atoms with Gasteiger partial charge >= 0.3 is 0 Å². The lowest BCUT2D eigenvalue weighted by Crippen LogP contribution is -2.31. The van der Waals surface area contributed by atoms with Crippen LogP contribution in [0, 0.1) is 0 Å². The first-order chi connectivity index (χ1) is 18.1. The fourth-order valence-electron chi connectivity index (χ4n) is 4.90. The van der Waals surface area contributed by atoms with Gasteiger partial charge in [-0.2, -0.15) is 0 Å². The molecule has 5 rings (SSSR count). The number of carbonyl (C=O) groups excluding carboxylic acids is 1. The van der Waals surface area contributed by atoms with Crippen LogP contribution in [-0.4, -0.2) is 31.1 Å². The number of ether oxygens (including phenoxy) is 2. The summed E-state index contributed by atoms with van der Waals surface area (Å²) in [6, 6.07) is 22.0. The third-order valence-corrected chi connectivity index (χ3v) is 6.86. The molecule has 1 aliphatic rings. The quantitative estimate of drug-likeness (QED) is 0.246. The minimum atomic E-state index is -0.555. The number of benzene rings is 3. The van der Waals surface area contributed by atoms with E-state index in [4.69, 9.17) is 13.9 Å². The Morgan fingerprint density at radius 3 is 2.51 bits per heavy atom. The molecule has 1 aliphatic heterocycles. The number of amides is 1. The van der Waals surface area contributed by atoms with E-state index in [2.05, 4.69) is 6.92 Å². The van der Waals surface area contributed by atoms with Gasteiger partial charge in [0.05, 0.1) is 30.7 Å². The van der Waals surface area contributed by atoms with Gasteiger partial charge in [-0.25, -0.2) is 0 Å². The summed E-state index contributed by atoms with van der Waals surface area (Å²) in [5, 5.41) is 0.475. The molecule has 37 heavy (non-hydrogen) atoms. The topological polar surface area (TPSA) is 69.0 Å². The van der Waals surface area contributed by atoms with Crippen LogP contribution in [-0.2, 0) is 6.42 Å². The summed E-state index contributed by atoms with van der Waals surface area (Å²) in [5.41, 5.74) is 2.54. The average Bonchev–Trinajstić information content (AvgIpc) is 3.22. The molecule has 6 heteroatoms. The molecule has 0 fully saturated rings. The van der Waals surface area contributed by atoms with E-state index in [9.17, 15) is 9.59 Å². The van der Waals surface area contributed by atoms with Gasteiger partial charge in [0.2, 0.25) is 5.76 Å². The van der Waals surface area contributed by atoms with Crippen LogP contribution in [0.2, 0.25) is 0 Å². The van der Waals surface area contributed by atoms with Gasteiger partial charge in [-0.3, -0.25) is 9.59 Å². The number of carbonyl (C=O) groups is 1. The highest BCUT2D eigenvalue weighted by atomic mass is 16.5. The summed E-state index contributed by atoms with van der Waals surface area (Å²) in [4.78, 5) is 29.1. The van der Waals surface area contributed by atoms with Gasteiger partial charge in [-0.05, 0) is 60.4 Å². The predicted octanol–water partition coefficient (Wildman–Crippen LogP) is 6.16. The molecule has 0 spiro atoms. The van der Waals surface area contributed by atoms with Crippen molar-refractivity contribution in [1.29, 1.82) is 0 Å². The average molecular weight is 498 g/mol. The molecular formula is C31H31NO5. The Hall–Kier alpha value is -4.06. The highest BCUT2D eigenvalue weighted by molar-refractivity contribution is 5.99. The van der Waals surface area contributed by atoms with E-state index >= 15 is 0 Å². The summed E-state index contributed by atoms with van der Waals surface area (Å²) in [7, 11) is 1.63. The summed E-state index contributed by atoms with van der Waals surface area (Å²) < 4.78 is 17.3. The van der Waals surface area contributed by atoms with E-state index < -0.39 is 6.04 Å². The lowest BCUT2D eigenvalue weighted by Gasteiger charge is -2.25. The van der Waals surface area contributed by atoms with Crippen molar-refractivity contribution in [2.45, 2.75) is 38.6 Å². The van der Waals surface area contributed by atoms with Crippen molar-refractivity contribution in [3.8, 4) is 11.5 Å². The van der Waals surface area contributed by atoms with Gasteiger partial charge in [-0.1, -0.05) is 56.2 Å². The lowest BCUT2D eigenvalue weighted by atomic mass is 9.98. The largest absolute Gasteiger partial charge is 0.497 e. The third-order valence-electron chi connectivity index (χ3n) is 6.86. The maximum absolute atomic E-state index is 13.7. The fraction of sp³-hybridized carbons (Fsp3) is 0.290. The summed E-state index contributed by atoms with van der Waals surface area (Å²) in [6.45, 7) is 3.22. The molecule has 6 nitrogen and oxygen atoms in total. The van der Waals surface area contributed by atoms with Crippen molar-refractivity contribution in [3.05, 3.63) is 105 Å². The number of nitrogens with zero attached hydrogens (tertiary/aromatic N) is 1. The molecular weight excluding hydrogens is 466 g/mol. The van der Waals surface area contributed by atoms with Gasteiger partial charge in [0.15, 0.2) is 5.43 Å². The fourth-order valence-corrected chi connectivity index (χ4v) is 4.90. The van der Waals surface area contributed by atoms with Crippen LogP contribution in [0.3, 0.4) is 0 Å². The molecule has 1 amide bonds. The third kappa shape index (κ3) is 4.96. The summed E-state index contributed by atoms with van der Waals surface area (Å²) in [5.74, 6) is 1.36. The first-order valence-electron chi connectivity index (χ1n) is 12.8. The Morgan fingerprint density at radius 2 is 1.73 bits per heavy atom. The number of hydrogen-bond donors (Lipinski definition) is 0. The van der Waals surface area contributed by atoms with E-state index in [0.29, 0.717) is 36.1 Å². The molecule has 1 unspecified atom stereocenters.